The van der Waals surface area contributed by atoms with E-state index >= 15 is 0 Å². The molecule has 9 nitrogen and oxygen atoms in total. The van der Waals surface area contributed by atoms with Gasteiger partial charge in [-0.15, -0.1) is 11.3 Å². The van der Waals surface area contributed by atoms with Crippen LogP contribution in [-0.4, -0.2) is 55.1 Å². The van der Waals surface area contributed by atoms with Crippen molar-refractivity contribution in [2.45, 2.75) is 18.8 Å². The molecular formula is C22H23N3O6S. The summed E-state index contributed by atoms with van der Waals surface area (Å²) < 4.78 is 16.9. The molecule has 0 aliphatic carbocycles. The molecule has 1 aromatic heterocycles. The van der Waals surface area contributed by atoms with Crippen molar-refractivity contribution in [1.29, 1.82) is 0 Å². The molecule has 0 radical (unpaired) electrons. The van der Waals surface area contributed by atoms with Gasteiger partial charge in [-0.05, 0) is 25.0 Å². The van der Waals surface area contributed by atoms with Crippen molar-refractivity contribution in [1.82, 2.24) is 9.88 Å². The molecule has 0 saturated carbocycles. The van der Waals surface area contributed by atoms with Crippen LogP contribution in [0, 0.1) is 10.1 Å². The number of rotatable bonds is 6. The van der Waals surface area contributed by atoms with Gasteiger partial charge in [-0.25, -0.2) is 4.98 Å². The van der Waals surface area contributed by atoms with Gasteiger partial charge in [0.15, 0.2) is 5.75 Å². The first kappa shape index (κ1) is 21.8. The maximum atomic E-state index is 13.5. The second-order valence-electron chi connectivity index (χ2n) is 7.41. The maximum absolute atomic E-state index is 13.5. The fraction of sp³-hybridized carbons (Fsp3) is 0.364. The lowest BCUT2D eigenvalue weighted by molar-refractivity contribution is -0.386. The number of benzene rings is 2. The van der Waals surface area contributed by atoms with E-state index in [4.69, 9.17) is 19.2 Å². The van der Waals surface area contributed by atoms with Crippen molar-refractivity contribution in [3.05, 3.63) is 51.0 Å². The zero-order chi connectivity index (χ0) is 22.8. The van der Waals surface area contributed by atoms with E-state index in [1.165, 1.54) is 27.4 Å². The van der Waals surface area contributed by atoms with Crippen LogP contribution in [0.25, 0.3) is 10.2 Å². The molecule has 3 aromatic rings. The molecule has 168 valence electrons. The minimum atomic E-state index is -0.622. The Morgan fingerprint density at radius 3 is 2.59 bits per heavy atom. The Balaban J connectivity index is 1.69. The normalized spacial score (nSPS) is 16.1. The zero-order valence-corrected chi connectivity index (χ0v) is 18.8. The number of para-hydroxylation sites is 1. The standard InChI is InChI=1S/C22H23N3O6S/c1-29-16-11-14(18(25(27)28)20(31-3)19(16)30-2)22(26)24-10-6-7-13(12-24)21-23-15-8-4-5-9-17(15)32-21/h4-5,8-9,11,13H,6-7,10,12H2,1-3H3/t13-/m1/s1. The average Bonchev–Trinajstić information content (AvgIpc) is 3.26. The second kappa shape index (κ2) is 8.99. The Morgan fingerprint density at radius 2 is 1.94 bits per heavy atom. The molecule has 2 heterocycles. The van der Waals surface area contributed by atoms with Crippen LogP contribution >= 0.6 is 11.3 Å². The topological polar surface area (TPSA) is 104 Å². The molecule has 0 spiro atoms. The van der Waals surface area contributed by atoms with Crippen LogP contribution in [0.15, 0.2) is 30.3 Å². The molecule has 0 N–H and O–H groups in total. The molecule has 10 heteroatoms. The van der Waals surface area contributed by atoms with Gasteiger partial charge in [0.25, 0.3) is 5.91 Å². The monoisotopic (exact) mass is 457 g/mol. The van der Waals surface area contributed by atoms with Gasteiger partial charge in [-0.3, -0.25) is 14.9 Å². The third-order valence-corrected chi connectivity index (χ3v) is 6.78. The van der Waals surface area contributed by atoms with Crippen LogP contribution in [0.5, 0.6) is 17.2 Å². The number of aromatic nitrogens is 1. The highest BCUT2D eigenvalue weighted by Gasteiger charge is 2.36. The molecule has 2 aromatic carbocycles. The number of nitrogens with zero attached hydrogens (tertiary/aromatic N) is 3. The van der Waals surface area contributed by atoms with Gasteiger partial charge < -0.3 is 19.1 Å². The fourth-order valence-corrected chi connectivity index (χ4v) is 5.18. The van der Waals surface area contributed by atoms with Crippen LogP contribution in [0.2, 0.25) is 0 Å². The van der Waals surface area contributed by atoms with Gasteiger partial charge in [0, 0.05) is 25.1 Å². The average molecular weight is 458 g/mol. The Hall–Kier alpha value is -3.40. The molecule has 32 heavy (non-hydrogen) atoms. The fourth-order valence-electron chi connectivity index (χ4n) is 4.08. The van der Waals surface area contributed by atoms with E-state index in [9.17, 15) is 14.9 Å². The summed E-state index contributed by atoms with van der Waals surface area (Å²) in [6, 6.07) is 9.28. The number of carbonyl (C=O) groups is 1. The lowest BCUT2D eigenvalue weighted by atomic mass is 9.97. The molecule has 1 fully saturated rings. The largest absolute Gasteiger partial charge is 0.493 e. The number of fused-ring (bicyclic) bond motifs is 1. The first-order valence-electron chi connectivity index (χ1n) is 10.1. The third-order valence-electron chi connectivity index (χ3n) is 5.59. The quantitative estimate of drug-likeness (QED) is 0.403. The van der Waals surface area contributed by atoms with Gasteiger partial charge in [-0.2, -0.15) is 0 Å². The summed E-state index contributed by atoms with van der Waals surface area (Å²) in [6.07, 6.45) is 1.69. The van der Waals surface area contributed by atoms with Gasteiger partial charge in [0.05, 0.1) is 41.5 Å². The van der Waals surface area contributed by atoms with Crippen LogP contribution in [-0.2, 0) is 0 Å². The number of ether oxygens (including phenoxy) is 3. The lowest BCUT2D eigenvalue weighted by Gasteiger charge is -2.32. The summed E-state index contributed by atoms with van der Waals surface area (Å²) in [5.41, 5.74) is 0.419. The summed E-state index contributed by atoms with van der Waals surface area (Å²) in [4.78, 5) is 31.1. The van der Waals surface area contributed by atoms with E-state index in [1.807, 2.05) is 24.3 Å². The number of carbonyl (C=O) groups excluding carboxylic acids is 1. The molecule has 0 bridgehead atoms. The zero-order valence-electron chi connectivity index (χ0n) is 18.0. The van der Waals surface area contributed by atoms with Gasteiger partial charge in [-0.1, -0.05) is 12.1 Å². The molecule has 0 unspecified atom stereocenters. The van der Waals surface area contributed by atoms with E-state index in [-0.39, 0.29) is 28.7 Å². The van der Waals surface area contributed by atoms with Crippen LogP contribution in [0.4, 0.5) is 5.69 Å². The summed E-state index contributed by atoms with van der Waals surface area (Å²) in [6.45, 7) is 0.945. The Morgan fingerprint density at radius 1 is 1.19 bits per heavy atom. The van der Waals surface area contributed by atoms with E-state index in [1.54, 1.807) is 16.2 Å². The lowest BCUT2D eigenvalue weighted by Crippen LogP contribution is -2.39. The molecule has 1 amide bonds. The Labute approximate surface area is 188 Å². The summed E-state index contributed by atoms with van der Waals surface area (Å²) in [5, 5.41) is 12.9. The number of nitro benzene ring substituents is 1. The van der Waals surface area contributed by atoms with E-state index in [2.05, 4.69) is 0 Å². The Kier molecular flexibility index (Phi) is 6.13. The van der Waals surface area contributed by atoms with Gasteiger partial charge in [0.1, 0.15) is 5.56 Å². The molecular weight excluding hydrogens is 434 g/mol. The van der Waals surface area contributed by atoms with Crippen LogP contribution in [0.1, 0.15) is 34.1 Å². The summed E-state index contributed by atoms with van der Waals surface area (Å²) in [5.74, 6) is -0.241. The van der Waals surface area contributed by atoms with Gasteiger partial charge in [0.2, 0.25) is 11.5 Å². The number of piperidine rings is 1. The highest BCUT2D eigenvalue weighted by atomic mass is 32.1. The summed E-state index contributed by atoms with van der Waals surface area (Å²) in [7, 11) is 4.06. The first-order valence-corrected chi connectivity index (χ1v) is 10.9. The molecule has 1 aliphatic heterocycles. The number of likely N-dealkylation sites (tertiary alicyclic amines) is 1. The van der Waals surface area contributed by atoms with Crippen LogP contribution in [0.3, 0.4) is 0 Å². The predicted octanol–water partition coefficient (Wildman–Crippen LogP) is 4.25. The second-order valence-corrected chi connectivity index (χ2v) is 8.47. The number of methoxy groups -OCH3 is 3. The number of amides is 1. The minimum absolute atomic E-state index is 0.0734. The van der Waals surface area contributed by atoms with Crippen molar-refractivity contribution >= 4 is 33.1 Å². The first-order chi connectivity index (χ1) is 15.5. The minimum Gasteiger partial charge on any atom is -0.493 e. The molecule has 1 aliphatic rings. The van der Waals surface area contributed by atoms with Crippen molar-refractivity contribution in [2.24, 2.45) is 0 Å². The van der Waals surface area contributed by atoms with E-state index in [0.29, 0.717) is 13.1 Å². The molecule has 4 rings (SSSR count). The van der Waals surface area contributed by atoms with E-state index in [0.717, 1.165) is 28.1 Å². The van der Waals surface area contributed by atoms with Crippen LogP contribution < -0.4 is 14.2 Å². The predicted molar refractivity (Wildman–Crippen MR) is 120 cm³/mol. The van der Waals surface area contributed by atoms with Gasteiger partial charge >= 0.3 is 5.69 Å². The summed E-state index contributed by atoms with van der Waals surface area (Å²) >= 11 is 1.62. The van der Waals surface area contributed by atoms with E-state index < -0.39 is 16.5 Å². The number of thiazole rings is 1. The van der Waals surface area contributed by atoms with Crippen molar-refractivity contribution < 1.29 is 23.9 Å². The molecule has 1 atom stereocenters. The SMILES string of the molecule is COc1cc(C(=O)N2CCC[C@@H](c3nc4ccccc4s3)C2)c([N+](=O)[O-])c(OC)c1OC. The Bertz CT molecular complexity index is 1140. The number of hydrogen-bond acceptors (Lipinski definition) is 8. The number of hydrogen-bond donors (Lipinski definition) is 0. The maximum Gasteiger partial charge on any atom is 0.327 e. The van der Waals surface area contributed by atoms with Crippen molar-refractivity contribution in [3.8, 4) is 17.2 Å². The highest BCUT2D eigenvalue weighted by Crippen LogP contribution is 2.47. The third kappa shape index (κ3) is 3.81. The molecule has 1 saturated heterocycles. The van der Waals surface area contributed by atoms with Crippen molar-refractivity contribution in [2.75, 3.05) is 34.4 Å². The smallest absolute Gasteiger partial charge is 0.327 e. The number of nitro groups is 1. The highest BCUT2D eigenvalue weighted by molar-refractivity contribution is 7.18. The van der Waals surface area contributed by atoms with Crippen molar-refractivity contribution in [3.63, 3.8) is 0 Å².